The van der Waals surface area contributed by atoms with Crippen molar-refractivity contribution in [3.05, 3.63) is 82.1 Å². The van der Waals surface area contributed by atoms with E-state index in [1.54, 1.807) is 18.2 Å². The van der Waals surface area contributed by atoms with Gasteiger partial charge in [0.05, 0.1) is 17.9 Å². The molecule has 7 nitrogen and oxygen atoms in total. The van der Waals surface area contributed by atoms with Gasteiger partial charge in [-0.15, -0.1) is 16.8 Å². The molecule has 9 heteroatoms. The average molecular weight is 514 g/mol. The topological polar surface area (TPSA) is 88.9 Å². The lowest BCUT2D eigenvalue weighted by atomic mass is 10.1. The normalized spacial score (nSPS) is 10.6. The van der Waals surface area contributed by atoms with Crippen LogP contribution >= 0.6 is 27.7 Å². The third-order valence-corrected chi connectivity index (χ3v) is 6.13. The number of nitrogens with one attached hydrogen (secondary N) is 2. The van der Waals surface area contributed by atoms with Crippen LogP contribution in [-0.2, 0) is 17.9 Å². The fraction of sp³-hybridized carbons (Fsp3) is 0.217. The van der Waals surface area contributed by atoms with Gasteiger partial charge in [0.2, 0.25) is 5.91 Å². The molecule has 2 N–H and O–H groups in total. The molecule has 0 radical (unpaired) electrons. The van der Waals surface area contributed by atoms with E-state index in [0.29, 0.717) is 23.1 Å². The number of allylic oxidation sites excluding steroid dienone is 1. The number of thioether (sulfide) groups is 1. The SMILES string of the molecule is C=CCn1c(CNC(=O)c2ccccc2Br)nnc1SCC(=O)Nc1cc(C)cc(C)c1. The zero-order chi connectivity index (χ0) is 23.1. The molecule has 3 rings (SSSR count). The number of nitrogens with zero attached hydrogens (tertiary/aromatic N) is 3. The van der Waals surface area contributed by atoms with Crippen LogP contribution in [0.15, 0.2) is 64.7 Å². The Labute approximate surface area is 199 Å². The highest BCUT2D eigenvalue weighted by Gasteiger charge is 2.16. The molecule has 2 amide bonds. The third-order valence-electron chi connectivity index (χ3n) is 4.47. The molecule has 0 saturated heterocycles. The number of carbonyl (C=O) groups excluding carboxylic acids is 2. The quantitative estimate of drug-likeness (QED) is 0.324. The second-order valence-electron chi connectivity index (χ2n) is 7.17. The number of benzene rings is 2. The van der Waals surface area contributed by atoms with Gasteiger partial charge in [0.25, 0.3) is 5.91 Å². The van der Waals surface area contributed by atoms with Crippen molar-refractivity contribution in [1.29, 1.82) is 0 Å². The minimum atomic E-state index is -0.215. The molecule has 0 atom stereocenters. The highest BCUT2D eigenvalue weighted by atomic mass is 79.9. The Hall–Kier alpha value is -2.91. The first kappa shape index (κ1) is 23.7. The number of carbonyl (C=O) groups is 2. The van der Waals surface area contributed by atoms with Gasteiger partial charge in [0.1, 0.15) is 0 Å². The Bertz CT molecular complexity index is 1120. The lowest BCUT2D eigenvalue weighted by Gasteiger charge is -2.10. The predicted octanol–water partition coefficient (Wildman–Crippen LogP) is 4.50. The van der Waals surface area contributed by atoms with Crippen LogP contribution < -0.4 is 10.6 Å². The molecule has 0 unspecified atom stereocenters. The number of rotatable bonds is 9. The second kappa shape index (κ2) is 11.1. The second-order valence-corrected chi connectivity index (χ2v) is 8.97. The Kier molecular flexibility index (Phi) is 8.24. The van der Waals surface area contributed by atoms with Crippen molar-refractivity contribution in [3.63, 3.8) is 0 Å². The van der Waals surface area contributed by atoms with Gasteiger partial charge in [-0.3, -0.25) is 9.59 Å². The molecular weight excluding hydrogens is 490 g/mol. The molecule has 32 heavy (non-hydrogen) atoms. The summed E-state index contributed by atoms with van der Waals surface area (Å²) in [5.74, 6) is 0.429. The standard InChI is InChI=1S/C23H24BrN5O2S/c1-4-9-29-20(13-25-22(31)18-7-5-6-8-19(18)24)27-28-23(29)32-14-21(30)26-17-11-15(2)10-16(3)12-17/h4-8,10-12H,1,9,13-14H2,2-3H3,(H,25,31)(H,26,30). The van der Waals surface area contributed by atoms with Gasteiger partial charge < -0.3 is 15.2 Å². The fourth-order valence-electron chi connectivity index (χ4n) is 3.14. The first-order chi connectivity index (χ1) is 15.4. The van der Waals surface area contributed by atoms with Crippen molar-refractivity contribution in [2.75, 3.05) is 11.1 Å². The molecule has 3 aromatic rings. The van der Waals surface area contributed by atoms with Crippen molar-refractivity contribution in [3.8, 4) is 0 Å². The van der Waals surface area contributed by atoms with Gasteiger partial charge in [-0.2, -0.15) is 0 Å². The van der Waals surface area contributed by atoms with Crippen LogP contribution in [0, 0.1) is 13.8 Å². The lowest BCUT2D eigenvalue weighted by Crippen LogP contribution is -2.25. The zero-order valence-electron chi connectivity index (χ0n) is 17.9. The Morgan fingerprint density at radius 1 is 1.16 bits per heavy atom. The third kappa shape index (κ3) is 6.30. The number of aromatic nitrogens is 3. The van der Waals surface area contributed by atoms with E-state index in [1.807, 2.05) is 42.7 Å². The van der Waals surface area contributed by atoms with Crippen LogP contribution in [0.2, 0.25) is 0 Å². The van der Waals surface area contributed by atoms with Crippen molar-refractivity contribution in [2.24, 2.45) is 0 Å². The van der Waals surface area contributed by atoms with Crippen molar-refractivity contribution >= 4 is 45.2 Å². The maximum atomic E-state index is 12.5. The van der Waals surface area contributed by atoms with Gasteiger partial charge >= 0.3 is 0 Å². The number of hydrogen-bond donors (Lipinski definition) is 2. The molecule has 0 fully saturated rings. The van der Waals surface area contributed by atoms with Gasteiger partial charge in [-0.25, -0.2) is 0 Å². The summed E-state index contributed by atoms with van der Waals surface area (Å²) in [5, 5.41) is 14.8. The van der Waals surface area contributed by atoms with E-state index in [1.165, 1.54) is 11.8 Å². The Balaban J connectivity index is 1.62. The van der Waals surface area contributed by atoms with E-state index in [2.05, 4.69) is 49.4 Å². The van der Waals surface area contributed by atoms with Crippen LogP contribution in [0.3, 0.4) is 0 Å². The van der Waals surface area contributed by atoms with Gasteiger partial charge in [0, 0.05) is 16.7 Å². The summed E-state index contributed by atoms with van der Waals surface area (Å²) < 4.78 is 2.55. The summed E-state index contributed by atoms with van der Waals surface area (Å²) in [5.41, 5.74) is 3.50. The van der Waals surface area contributed by atoms with Crippen LogP contribution in [0.1, 0.15) is 27.3 Å². The number of halogens is 1. The average Bonchev–Trinajstić information content (AvgIpc) is 3.12. The molecule has 1 heterocycles. The van der Waals surface area contributed by atoms with Crippen molar-refractivity contribution in [2.45, 2.75) is 32.1 Å². The van der Waals surface area contributed by atoms with E-state index in [0.717, 1.165) is 21.3 Å². The summed E-state index contributed by atoms with van der Waals surface area (Å²) in [4.78, 5) is 24.9. The van der Waals surface area contributed by atoms with Crippen LogP contribution in [0.4, 0.5) is 5.69 Å². The minimum Gasteiger partial charge on any atom is -0.345 e. The zero-order valence-corrected chi connectivity index (χ0v) is 20.3. The first-order valence-electron chi connectivity index (χ1n) is 9.94. The van der Waals surface area contributed by atoms with Crippen LogP contribution in [0.5, 0.6) is 0 Å². The summed E-state index contributed by atoms with van der Waals surface area (Å²) >= 11 is 4.67. The first-order valence-corrected chi connectivity index (χ1v) is 11.7. The summed E-state index contributed by atoms with van der Waals surface area (Å²) in [7, 11) is 0. The minimum absolute atomic E-state index is 0.128. The number of hydrogen-bond acceptors (Lipinski definition) is 5. The van der Waals surface area contributed by atoms with E-state index in [4.69, 9.17) is 0 Å². The Morgan fingerprint density at radius 2 is 1.88 bits per heavy atom. The molecule has 1 aromatic heterocycles. The van der Waals surface area contributed by atoms with Gasteiger partial charge in [0.15, 0.2) is 11.0 Å². The summed E-state index contributed by atoms with van der Waals surface area (Å²) in [6.45, 7) is 8.44. The highest BCUT2D eigenvalue weighted by molar-refractivity contribution is 9.10. The van der Waals surface area contributed by atoms with Gasteiger partial charge in [-0.05, 0) is 65.2 Å². The summed E-state index contributed by atoms with van der Waals surface area (Å²) in [6.07, 6.45) is 1.72. The van der Waals surface area contributed by atoms with E-state index in [9.17, 15) is 9.59 Å². The maximum Gasteiger partial charge on any atom is 0.252 e. The Morgan fingerprint density at radius 3 is 2.56 bits per heavy atom. The van der Waals surface area contributed by atoms with E-state index < -0.39 is 0 Å². The van der Waals surface area contributed by atoms with Crippen LogP contribution in [0.25, 0.3) is 0 Å². The highest BCUT2D eigenvalue weighted by Crippen LogP contribution is 2.20. The van der Waals surface area contributed by atoms with Gasteiger partial charge in [-0.1, -0.05) is 36.0 Å². The lowest BCUT2D eigenvalue weighted by molar-refractivity contribution is -0.113. The van der Waals surface area contributed by atoms with Crippen LogP contribution in [-0.4, -0.2) is 32.3 Å². The monoisotopic (exact) mass is 513 g/mol. The number of aryl methyl sites for hydroxylation is 2. The smallest absolute Gasteiger partial charge is 0.252 e. The predicted molar refractivity (Wildman–Crippen MR) is 131 cm³/mol. The molecular formula is C23H24BrN5O2S. The molecule has 0 aliphatic carbocycles. The van der Waals surface area contributed by atoms with E-state index >= 15 is 0 Å². The van der Waals surface area contributed by atoms with Crippen molar-refractivity contribution in [1.82, 2.24) is 20.1 Å². The molecule has 0 saturated carbocycles. The largest absolute Gasteiger partial charge is 0.345 e. The molecule has 0 spiro atoms. The fourth-order valence-corrected chi connectivity index (χ4v) is 4.37. The van der Waals surface area contributed by atoms with Crippen molar-refractivity contribution < 1.29 is 9.59 Å². The number of amides is 2. The number of anilines is 1. The molecule has 0 aliphatic heterocycles. The summed E-state index contributed by atoms with van der Waals surface area (Å²) in [6, 6.07) is 13.1. The molecule has 166 valence electrons. The molecule has 2 aromatic carbocycles. The van der Waals surface area contributed by atoms with E-state index in [-0.39, 0.29) is 24.1 Å². The molecule has 0 aliphatic rings. The molecule has 0 bridgehead atoms. The maximum absolute atomic E-state index is 12.5.